The Labute approximate surface area is 173 Å². The molecule has 3 rings (SSSR count). The van der Waals surface area contributed by atoms with E-state index in [0.717, 1.165) is 5.75 Å². The Kier molecular flexibility index (Phi) is 5.92. The smallest absolute Gasteiger partial charge is 0.307 e. The fourth-order valence-corrected chi connectivity index (χ4v) is 3.51. The third kappa shape index (κ3) is 4.94. The number of hydrogen-bond donors (Lipinski definition) is 0. The molecule has 0 radical (unpaired) electrons. The minimum absolute atomic E-state index is 0.0382. The number of nitro groups is 1. The van der Waals surface area contributed by atoms with Gasteiger partial charge in [0.25, 0.3) is 0 Å². The van der Waals surface area contributed by atoms with Gasteiger partial charge < -0.3 is 9.30 Å². The first-order valence-electron chi connectivity index (χ1n) is 9.11. The molecule has 2 heterocycles. The molecule has 1 atom stereocenters. The first kappa shape index (κ1) is 20.8. The van der Waals surface area contributed by atoms with Gasteiger partial charge in [0.1, 0.15) is 18.1 Å². The van der Waals surface area contributed by atoms with Crippen molar-refractivity contribution in [2.75, 3.05) is 0 Å². The lowest BCUT2D eigenvalue weighted by Crippen LogP contribution is -2.12. The lowest BCUT2D eigenvalue weighted by Gasteiger charge is -2.20. The van der Waals surface area contributed by atoms with Crippen LogP contribution in [-0.2, 0) is 18.3 Å². The van der Waals surface area contributed by atoms with E-state index in [1.54, 1.807) is 0 Å². The zero-order valence-corrected chi connectivity index (χ0v) is 17.9. The van der Waals surface area contributed by atoms with Crippen LogP contribution in [-0.4, -0.2) is 29.5 Å². The van der Waals surface area contributed by atoms with Crippen LogP contribution in [0.2, 0.25) is 0 Å². The van der Waals surface area contributed by atoms with Crippen LogP contribution in [0, 0.1) is 10.1 Å². The molecule has 9 nitrogen and oxygen atoms in total. The lowest BCUT2D eigenvalue weighted by molar-refractivity contribution is -0.385. The Hall–Kier alpha value is -2.88. The van der Waals surface area contributed by atoms with E-state index in [-0.39, 0.29) is 17.2 Å². The zero-order valence-electron chi connectivity index (χ0n) is 17.1. The van der Waals surface area contributed by atoms with E-state index >= 15 is 0 Å². The highest BCUT2D eigenvalue weighted by Crippen LogP contribution is 2.27. The van der Waals surface area contributed by atoms with Crippen LogP contribution in [0.3, 0.4) is 0 Å². The molecule has 0 amide bonds. The predicted molar refractivity (Wildman–Crippen MR) is 110 cm³/mol. The van der Waals surface area contributed by atoms with Crippen molar-refractivity contribution in [1.82, 2.24) is 24.5 Å². The molecule has 0 saturated carbocycles. The Balaban J connectivity index is 1.64. The molecule has 0 spiro atoms. The predicted octanol–water partition coefficient (Wildman–Crippen LogP) is 4.11. The molecule has 0 N–H and O–H groups in total. The summed E-state index contributed by atoms with van der Waals surface area (Å²) in [7, 11) is 1.87. The second-order valence-electron chi connectivity index (χ2n) is 7.70. The molecule has 154 valence electrons. The van der Waals surface area contributed by atoms with Crippen LogP contribution < -0.4 is 4.74 Å². The summed E-state index contributed by atoms with van der Waals surface area (Å²) in [4.78, 5) is 10.3. The van der Waals surface area contributed by atoms with Gasteiger partial charge in [-0.2, -0.15) is 5.10 Å². The summed E-state index contributed by atoms with van der Waals surface area (Å²) < 4.78 is 9.38. The van der Waals surface area contributed by atoms with E-state index in [9.17, 15) is 10.1 Å². The second-order valence-corrected chi connectivity index (χ2v) is 8.61. The van der Waals surface area contributed by atoms with Gasteiger partial charge in [-0.1, -0.05) is 44.7 Å². The first-order chi connectivity index (χ1) is 13.6. The summed E-state index contributed by atoms with van der Waals surface area (Å²) in [5, 5.41) is 23.8. The van der Waals surface area contributed by atoms with Crippen molar-refractivity contribution in [3.8, 4) is 5.75 Å². The van der Waals surface area contributed by atoms with E-state index in [1.807, 2.05) is 30.7 Å². The molecule has 0 fully saturated rings. The Morgan fingerprint density at radius 1 is 1.24 bits per heavy atom. The van der Waals surface area contributed by atoms with Crippen LogP contribution in [0.15, 0.2) is 41.8 Å². The SMILES string of the molecule is C[C@H](Oc1ccc(C(C)(C)C)cc1)c1nnc(SCn2cc([N+](=O)[O-])cn2)n1C. The highest BCUT2D eigenvalue weighted by atomic mass is 32.2. The number of nitrogens with zero attached hydrogens (tertiary/aromatic N) is 6. The summed E-state index contributed by atoms with van der Waals surface area (Å²) >= 11 is 1.39. The van der Waals surface area contributed by atoms with Crippen molar-refractivity contribution in [2.45, 2.75) is 50.2 Å². The Bertz CT molecular complexity index is 990. The number of aromatic nitrogens is 5. The van der Waals surface area contributed by atoms with Crippen LogP contribution in [0.25, 0.3) is 0 Å². The van der Waals surface area contributed by atoms with Crippen LogP contribution in [0.5, 0.6) is 5.75 Å². The average Bonchev–Trinajstić information content (AvgIpc) is 3.26. The van der Waals surface area contributed by atoms with Crippen LogP contribution in [0.4, 0.5) is 5.69 Å². The van der Waals surface area contributed by atoms with Crippen molar-refractivity contribution < 1.29 is 9.66 Å². The number of hydrogen-bond acceptors (Lipinski definition) is 7. The molecule has 0 aliphatic heterocycles. The van der Waals surface area contributed by atoms with Gasteiger partial charge in [0.2, 0.25) is 0 Å². The molecule has 1 aromatic carbocycles. The number of benzene rings is 1. The van der Waals surface area contributed by atoms with Gasteiger partial charge in [-0.05, 0) is 30.0 Å². The van der Waals surface area contributed by atoms with Crippen LogP contribution in [0.1, 0.15) is 45.2 Å². The quantitative estimate of drug-likeness (QED) is 0.324. The van der Waals surface area contributed by atoms with E-state index in [4.69, 9.17) is 4.74 Å². The van der Waals surface area contributed by atoms with E-state index in [1.165, 1.54) is 34.4 Å². The Morgan fingerprint density at radius 2 is 1.93 bits per heavy atom. The maximum absolute atomic E-state index is 10.7. The molecule has 0 aliphatic rings. The molecule has 0 aliphatic carbocycles. The molecule has 2 aromatic heterocycles. The van der Waals surface area contributed by atoms with Gasteiger partial charge in [0, 0.05) is 7.05 Å². The maximum Gasteiger partial charge on any atom is 0.307 e. The molecule has 0 unspecified atom stereocenters. The van der Waals surface area contributed by atoms with Gasteiger partial charge in [-0.15, -0.1) is 10.2 Å². The monoisotopic (exact) mass is 416 g/mol. The van der Waals surface area contributed by atoms with Crippen molar-refractivity contribution in [3.05, 3.63) is 58.2 Å². The number of thioether (sulfide) groups is 1. The fourth-order valence-electron chi connectivity index (χ4n) is 2.74. The van der Waals surface area contributed by atoms with E-state index in [0.29, 0.717) is 16.9 Å². The van der Waals surface area contributed by atoms with Gasteiger partial charge in [0.15, 0.2) is 17.1 Å². The van der Waals surface area contributed by atoms with Crippen LogP contribution >= 0.6 is 11.8 Å². The zero-order chi connectivity index (χ0) is 21.2. The minimum atomic E-state index is -0.471. The number of ether oxygens (including phenoxy) is 1. The fraction of sp³-hybridized carbons (Fsp3) is 0.421. The first-order valence-corrected chi connectivity index (χ1v) is 10.1. The normalized spacial score (nSPS) is 12.7. The van der Waals surface area contributed by atoms with E-state index < -0.39 is 4.92 Å². The molecule has 10 heteroatoms. The van der Waals surface area contributed by atoms with Crippen molar-refractivity contribution >= 4 is 17.4 Å². The average molecular weight is 417 g/mol. The standard InChI is InChI=1S/C19H24N6O3S/c1-13(28-16-8-6-14(7-9-16)19(2,3)4)17-21-22-18(23(17)5)29-12-24-11-15(10-20-24)25(26)27/h6-11,13H,12H2,1-5H3/t13-/m0/s1. The Morgan fingerprint density at radius 3 is 2.52 bits per heavy atom. The summed E-state index contributed by atoms with van der Waals surface area (Å²) in [6.07, 6.45) is 2.33. The van der Waals surface area contributed by atoms with Gasteiger partial charge in [-0.25, -0.2) is 0 Å². The molecular formula is C19H24N6O3S. The molecule has 29 heavy (non-hydrogen) atoms. The second kappa shape index (κ2) is 8.24. The molecular weight excluding hydrogens is 392 g/mol. The molecule has 3 aromatic rings. The largest absolute Gasteiger partial charge is 0.483 e. The third-order valence-electron chi connectivity index (χ3n) is 4.42. The highest BCUT2D eigenvalue weighted by Gasteiger charge is 2.19. The molecule has 0 bridgehead atoms. The van der Waals surface area contributed by atoms with Crippen molar-refractivity contribution in [2.24, 2.45) is 7.05 Å². The van der Waals surface area contributed by atoms with Crippen molar-refractivity contribution in [1.29, 1.82) is 0 Å². The topological polar surface area (TPSA) is 101 Å². The lowest BCUT2D eigenvalue weighted by atomic mass is 9.87. The molecule has 0 saturated heterocycles. The third-order valence-corrected chi connectivity index (χ3v) is 5.43. The summed E-state index contributed by atoms with van der Waals surface area (Å²) in [6.45, 7) is 8.44. The van der Waals surface area contributed by atoms with Gasteiger partial charge in [0.05, 0.1) is 10.8 Å². The van der Waals surface area contributed by atoms with Gasteiger partial charge in [-0.3, -0.25) is 14.8 Å². The maximum atomic E-state index is 10.7. The minimum Gasteiger partial charge on any atom is -0.483 e. The summed E-state index contributed by atoms with van der Waals surface area (Å²) in [6, 6.07) is 8.08. The highest BCUT2D eigenvalue weighted by molar-refractivity contribution is 7.98. The van der Waals surface area contributed by atoms with Crippen molar-refractivity contribution in [3.63, 3.8) is 0 Å². The number of rotatable bonds is 7. The summed E-state index contributed by atoms with van der Waals surface area (Å²) in [5.41, 5.74) is 1.30. The van der Waals surface area contributed by atoms with E-state index in [2.05, 4.69) is 48.2 Å². The summed E-state index contributed by atoms with van der Waals surface area (Å²) in [5.74, 6) is 1.86. The van der Waals surface area contributed by atoms with Gasteiger partial charge >= 0.3 is 5.69 Å².